The number of hydrogen-bond acceptors (Lipinski definition) is 4. The summed E-state index contributed by atoms with van der Waals surface area (Å²) in [6, 6.07) is 7.41. The molecule has 0 bridgehead atoms. The van der Waals surface area contributed by atoms with E-state index < -0.39 is 0 Å². The first-order valence-corrected chi connectivity index (χ1v) is 8.29. The molecule has 1 aromatic carbocycles. The summed E-state index contributed by atoms with van der Waals surface area (Å²) in [4.78, 5) is 25.5. The fraction of sp³-hybridized carbons (Fsp3) is 0.467. The Morgan fingerprint density at radius 3 is 2.48 bits per heavy atom. The van der Waals surface area contributed by atoms with Gasteiger partial charge in [-0.3, -0.25) is 9.59 Å². The normalized spacial score (nSPS) is 14.8. The third-order valence-electron chi connectivity index (χ3n) is 3.33. The molecule has 1 saturated heterocycles. The van der Waals surface area contributed by atoms with Crippen molar-refractivity contribution >= 4 is 29.3 Å². The first kappa shape index (κ1) is 15.9. The molecular weight excluding hydrogens is 286 g/mol. The van der Waals surface area contributed by atoms with Crippen LogP contribution in [0.2, 0.25) is 0 Å². The minimum absolute atomic E-state index is 0.0906. The van der Waals surface area contributed by atoms with Crippen LogP contribution in [0.4, 0.5) is 5.69 Å². The number of benzene rings is 1. The maximum atomic E-state index is 12.1. The van der Waals surface area contributed by atoms with E-state index in [2.05, 4.69) is 5.32 Å². The average molecular weight is 307 g/mol. The Balaban J connectivity index is 1.86. The highest BCUT2D eigenvalue weighted by atomic mass is 32.2. The van der Waals surface area contributed by atoms with Gasteiger partial charge in [0.2, 0.25) is 11.8 Å². The van der Waals surface area contributed by atoms with Gasteiger partial charge < -0.3 is 16.0 Å². The summed E-state index contributed by atoms with van der Waals surface area (Å²) in [5.74, 6) is 2.14. The summed E-state index contributed by atoms with van der Waals surface area (Å²) in [5, 5.41) is 2.77. The van der Waals surface area contributed by atoms with Gasteiger partial charge >= 0.3 is 0 Å². The highest BCUT2D eigenvalue weighted by Crippen LogP contribution is 2.14. The smallest absolute Gasteiger partial charge is 0.227 e. The standard InChI is InChI=1S/C15H21N3O2S/c16-6-5-14(19)17-13-3-1-12(2-4-13)11-15(20)18-7-9-21-10-8-18/h1-4H,5-11,16H2,(H,17,19). The zero-order valence-electron chi connectivity index (χ0n) is 12.0. The van der Waals surface area contributed by atoms with Gasteiger partial charge in [-0.15, -0.1) is 0 Å². The van der Waals surface area contributed by atoms with Crippen LogP contribution in [-0.2, 0) is 16.0 Å². The van der Waals surface area contributed by atoms with E-state index in [9.17, 15) is 9.59 Å². The summed E-state index contributed by atoms with van der Waals surface area (Å²) in [6.07, 6.45) is 0.731. The number of carbonyl (C=O) groups excluding carboxylic acids is 2. The lowest BCUT2D eigenvalue weighted by atomic mass is 10.1. The van der Waals surface area contributed by atoms with Crippen molar-refractivity contribution in [2.75, 3.05) is 36.5 Å². The Kier molecular flexibility index (Phi) is 6.07. The summed E-state index contributed by atoms with van der Waals surface area (Å²) in [5.41, 5.74) is 7.03. The molecule has 0 unspecified atom stereocenters. The predicted octanol–water partition coefficient (Wildman–Crippen LogP) is 1.09. The summed E-state index contributed by atoms with van der Waals surface area (Å²) >= 11 is 1.89. The van der Waals surface area contributed by atoms with E-state index in [1.54, 1.807) is 0 Å². The van der Waals surface area contributed by atoms with Crippen molar-refractivity contribution in [2.24, 2.45) is 5.73 Å². The van der Waals surface area contributed by atoms with Crippen molar-refractivity contribution in [2.45, 2.75) is 12.8 Å². The Bertz CT molecular complexity index is 484. The molecule has 1 heterocycles. The Morgan fingerprint density at radius 1 is 1.19 bits per heavy atom. The van der Waals surface area contributed by atoms with Crippen LogP contribution < -0.4 is 11.1 Å². The van der Waals surface area contributed by atoms with Crippen LogP contribution in [0.5, 0.6) is 0 Å². The third kappa shape index (κ3) is 5.06. The molecule has 0 spiro atoms. The lowest BCUT2D eigenvalue weighted by molar-refractivity contribution is -0.130. The number of nitrogens with one attached hydrogen (secondary N) is 1. The predicted molar refractivity (Wildman–Crippen MR) is 86.4 cm³/mol. The lowest BCUT2D eigenvalue weighted by Crippen LogP contribution is -2.38. The summed E-state index contributed by atoms with van der Waals surface area (Å²) < 4.78 is 0. The van der Waals surface area contributed by atoms with Gasteiger partial charge in [-0.2, -0.15) is 11.8 Å². The largest absolute Gasteiger partial charge is 0.341 e. The van der Waals surface area contributed by atoms with E-state index in [1.165, 1.54) is 0 Å². The number of nitrogens with two attached hydrogens (primary N) is 1. The van der Waals surface area contributed by atoms with Gasteiger partial charge in [0.25, 0.3) is 0 Å². The molecule has 0 aromatic heterocycles. The first-order chi connectivity index (χ1) is 10.2. The van der Waals surface area contributed by atoms with E-state index in [1.807, 2.05) is 40.9 Å². The number of rotatable bonds is 5. The van der Waals surface area contributed by atoms with Gasteiger partial charge in [-0.1, -0.05) is 12.1 Å². The van der Waals surface area contributed by atoms with Gasteiger partial charge in [0, 0.05) is 43.2 Å². The zero-order valence-corrected chi connectivity index (χ0v) is 12.8. The van der Waals surface area contributed by atoms with Crippen LogP contribution in [0.3, 0.4) is 0 Å². The van der Waals surface area contributed by atoms with Crippen molar-refractivity contribution in [1.82, 2.24) is 4.90 Å². The number of thioether (sulfide) groups is 1. The molecule has 3 N–H and O–H groups in total. The Hall–Kier alpha value is -1.53. The van der Waals surface area contributed by atoms with Crippen molar-refractivity contribution in [3.05, 3.63) is 29.8 Å². The maximum absolute atomic E-state index is 12.1. The van der Waals surface area contributed by atoms with Crippen molar-refractivity contribution in [3.8, 4) is 0 Å². The van der Waals surface area contributed by atoms with Crippen LogP contribution >= 0.6 is 11.8 Å². The summed E-state index contributed by atoms with van der Waals surface area (Å²) in [6.45, 7) is 2.03. The monoisotopic (exact) mass is 307 g/mol. The van der Waals surface area contributed by atoms with Gasteiger partial charge in [0.05, 0.1) is 6.42 Å². The average Bonchev–Trinajstić information content (AvgIpc) is 2.50. The molecule has 1 aliphatic heterocycles. The molecule has 6 heteroatoms. The number of hydrogen-bond donors (Lipinski definition) is 2. The topological polar surface area (TPSA) is 75.4 Å². The fourth-order valence-electron chi connectivity index (χ4n) is 2.16. The van der Waals surface area contributed by atoms with Crippen LogP contribution in [0, 0.1) is 0 Å². The zero-order chi connectivity index (χ0) is 15.1. The number of anilines is 1. The van der Waals surface area contributed by atoms with Crippen molar-refractivity contribution in [1.29, 1.82) is 0 Å². The SMILES string of the molecule is NCCC(=O)Nc1ccc(CC(=O)N2CCSCC2)cc1. The molecule has 5 nitrogen and oxygen atoms in total. The first-order valence-electron chi connectivity index (χ1n) is 7.13. The minimum Gasteiger partial charge on any atom is -0.341 e. The van der Waals surface area contributed by atoms with Gasteiger partial charge in [0.15, 0.2) is 0 Å². The third-order valence-corrected chi connectivity index (χ3v) is 4.27. The molecular formula is C15H21N3O2S. The Morgan fingerprint density at radius 2 is 1.86 bits per heavy atom. The van der Waals surface area contributed by atoms with Crippen LogP contribution in [0.15, 0.2) is 24.3 Å². The fourth-order valence-corrected chi connectivity index (χ4v) is 3.06. The molecule has 2 amide bonds. The molecule has 0 atom stereocenters. The van der Waals surface area contributed by atoms with E-state index in [-0.39, 0.29) is 11.8 Å². The maximum Gasteiger partial charge on any atom is 0.227 e. The second kappa shape index (κ2) is 8.05. The lowest BCUT2D eigenvalue weighted by Gasteiger charge is -2.26. The van der Waals surface area contributed by atoms with Crippen LogP contribution in [-0.4, -0.2) is 47.9 Å². The van der Waals surface area contributed by atoms with Gasteiger partial charge in [-0.25, -0.2) is 0 Å². The van der Waals surface area contributed by atoms with Gasteiger partial charge in [0.1, 0.15) is 0 Å². The van der Waals surface area contributed by atoms with E-state index in [0.717, 1.165) is 35.8 Å². The molecule has 1 aliphatic rings. The molecule has 2 rings (SSSR count). The Labute approximate surface area is 129 Å². The molecule has 1 aromatic rings. The molecule has 114 valence electrons. The molecule has 1 fully saturated rings. The van der Waals surface area contributed by atoms with E-state index in [4.69, 9.17) is 5.73 Å². The van der Waals surface area contributed by atoms with Gasteiger partial charge in [-0.05, 0) is 17.7 Å². The van der Waals surface area contributed by atoms with E-state index in [0.29, 0.717) is 19.4 Å². The second-order valence-electron chi connectivity index (χ2n) is 4.95. The molecule has 0 radical (unpaired) electrons. The highest BCUT2D eigenvalue weighted by molar-refractivity contribution is 7.99. The highest BCUT2D eigenvalue weighted by Gasteiger charge is 2.16. The van der Waals surface area contributed by atoms with Crippen LogP contribution in [0.25, 0.3) is 0 Å². The quantitative estimate of drug-likeness (QED) is 0.854. The van der Waals surface area contributed by atoms with Crippen LogP contribution in [0.1, 0.15) is 12.0 Å². The summed E-state index contributed by atoms with van der Waals surface area (Å²) in [7, 11) is 0. The second-order valence-corrected chi connectivity index (χ2v) is 6.18. The number of amides is 2. The van der Waals surface area contributed by atoms with Crippen molar-refractivity contribution < 1.29 is 9.59 Å². The molecule has 21 heavy (non-hydrogen) atoms. The molecule has 0 aliphatic carbocycles. The number of nitrogens with zero attached hydrogens (tertiary/aromatic N) is 1. The molecule has 0 saturated carbocycles. The van der Waals surface area contributed by atoms with E-state index >= 15 is 0 Å². The van der Waals surface area contributed by atoms with Crippen molar-refractivity contribution in [3.63, 3.8) is 0 Å². The minimum atomic E-state index is -0.0906. The number of carbonyl (C=O) groups is 2.